The van der Waals surface area contributed by atoms with E-state index in [2.05, 4.69) is 250 Å². The van der Waals surface area contributed by atoms with Crippen molar-refractivity contribution in [2.24, 2.45) is 0 Å². The Morgan fingerprint density at radius 1 is 0.124 bits per heavy atom. The summed E-state index contributed by atoms with van der Waals surface area (Å²) in [4.78, 5) is 68.4. The zero-order valence-corrected chi connectivity index (χ0v) is 80.6. The molecule has 16 heterocycles. The van der Waals surface area contributed by atoms with E-state index >= 15 is 0 Å². The molecule has 0 spiro atoms. The van der Waals surface area contributed by atoms with Crippen LogP contribution < -0.4 is 123 Å². The Morgan fingerprint density at radius 3 is 0.262 bits per heavy atom. The Morgan fingerprint density at radius 2 is 0.200 bits per heavy atom. The van der Waals surface area contributed by atoms with Crippen LogP contribution >= 0.6 is 0 Å². The van der Waals surface area contributed by atoms with Gasteiger partial charge < -0.3 is 11.5 Å². The Balaban J connectivity index is 0.000000242. The molecule has 3 radical (unpaired) electrons. The van der Waals surface area contributed by atoms with E-state index in [0.717, 1.165) is 164 Å². The van der Waals surface area contributed by atoms with Gasteiger partial charge in [-0.1, -0.05) is 170 Å². The van der Waals surface area contributed by atoms with Gasteiger partial charge in [-0.15, -0.1) is 61.5 Å². The topological polar surface area (TPSA) is 812 Å². The second-order valence-corrected chi connectivity index (χ2v) is 31.9. The predicted octanol–water partition coefficient (Wildman–Crippen LogP) is -7.73. The van der Waals surface area contributed by atoms with Crippen LogP contribution in [0.3, 0.4) is 0 Å². The van der Waals surface area contributed by atoms with Gasteiger partial charge in [0.1, 0.15) is 0 Å². The molecule has 7 aromatic carbocycles. The van der Waals surface area contributed by atoms with Crippen LogP contribution in [0.25, 0.3) is 153 Å². The minimum atomic E-state index is -4.94. The fraction of sp³-hybridized carbons (Fsp3) is 0. The fourth-order valence-corrected chi connectivity index (χ4v) is 12.5. The first-order valence-corrected chi connectivity index (χ1v) is 47.0. The molecule has 0 unspecified atom stereocenters. The molecule has 4 N–H and O–H groups in total. The second kappa shape index (κ2) is 59.1. The summed E-state index contributed by atoms with van der Waals surface area (Å²) < 4.78 is 204. The van der Waals surface area contributed by atoms with E-state index < -0.39 is 61.5 Å². The van der Waals surface area contributed by atoms with Gasteiger partial charge in [0, 0.05) is 198 Å². The third-order valence-electron chi connectivity index (χ3n) is 17.8. The molecule has 0 fully saturated rings. The molecule has 753 valence electrons. The summed E-state index contributed by atoms with van der Waals surface area (Å²) in [6.45, 7) is 0. The van der Waals surface area contributed by atoms with Crippen LogP contribution in [-0.2, 0) is 51.2 Å². The average Bonchev–Trinajstić information content (AvgIpc) is 0.830. The monoisotopic (exact) mass is 2230 g/mol. The van der Waals surface area contributed by atoms with Gasteiger partial charge in [0.05, 0.1) is 77.2 Å². The summed E-state index contributed by atoms with van der Waals surface area (Å²) in [6, 6.07) is 92.0. The van der Waals surface area contributed by atoms with Crippen LogP contribution in [0.4, 0.5) is 11.4 Å². The van der Waals surface area contributed by atoms with Crippen molar-refractivity contribution in [3.05, 3.63) is 391 Å². The Labute approximate surface area is 863 Å². The summed E-state index contributed by atoms with van der Waals surface area (Å²) in [7, 11) is -29.7. The van der Waals surface area contributed by atoms with Crippen LogP contribution in [-0.4, -0.2) is 79.7 Å². The molecule has 0 aliphatic heterocycles. The standard InChI is InChI=1S/7C12H8N2.2C5H6N2.6ClHO4.3Cu/c7*1-3-9-5-6-10-4-2-8-14-12(10)11(9)13-7-1;2*6-5-1-3-7-4-2-5;6*2-1(3,4)5;;;/h7*1-8H;2*1-4H,(H2,6,7);6*(H,2,3,4,5);;;/q;;;;;;;;;;;;;;;3*+2/p-6. The molecule has 0 aliphatic carbocycles. The number of aromatic nitrogens is 16. The summed E-state index contributed by atoms with van der Waals surface area (Å²) in [5, 5.41) is 15.9. The van der Waals surface area contributed by atoms with Crippen molar-refractivity contribution in [1.29, 1.82) is 0 Å². The van der Waals surface area contributed by atoms with E-state index in [9.17, 15) is 0 Å². The molecule has 23 rings (SSSR count). The number of rotatable bonds is 0. The van der Waals surface area contributed by atoms with E-state index in [4.69, 9.17) is 123 Å². The number of nitrogens with two attached hydrogens (primary N) is 2. The Kier molecular flexibility index (Phi) is 49.0. The summed E-state index contributed by atoms with van der Waals surface area (Å²) in [5.74, 6) is 0. The zero-order valence-electron chi connectivity index (χ0n) is 73.2. The summed E-state index contributed by atoms with van der Waals surface area (Å²) >= 11 is 0. The van der Waals surface area contributed by atoms with Crippen molar-refractivity contribution >= 4 is 164 Å². The molecule has 0 atom stereocenters. The Bertz CT molecular complexity index is 6300. The normalized spacial score (nSPS) is 10.6. The number of nitrogens with zero attached hydrogens (tertiary/aromatic N) is 16. The van der Waals surface area contributed by atoms with Crippen molar-refractivity contribution in [1.82, 2.24) is 79.7 Å². The van der Waals surface area contributed by atoms with Crippen molar-refractivity contribution in [2.45, 2.75) is 0 Å². The smallest absolute Gasteiger partial charge is 0.399 e. The summed E-state index contributed by atoms with van der Waals surface area (Å²) in [6.07, 6.45) is 31.9. The van der Waals surface area contributed by atoms with Gasteiger partial charge in [-0.3, -0.25) is 79.7 Å². The summed E-state index contributed by atoms with van der Waals surface area (Å²) in [5.41, 5.74) is 25.8. The molecular formula is C94H68Cl6Cu3N18O24. The number of halogens is 6. The van der Waals surface area contributed by atoms with Crippen LogP contribution in [0.15, 0.2) is 391 Å². The number of fused-ring (bicyclic) bond motifs is 21. The first-order valence-electron chi connectivity index (χ1n) is 39.5. The Hall–Kier alpha value is -13.5. The molecule has 16 aromatic heterocycles. The van der Waals surface area contributed by atoms with Gasteiger partial charge in [0.15, 0.2) is 0 Å². The maximum Gasteiger partial charge on any atom is 2.00 e. The number of benzene rings is 7. The van der Waals surface area contributed by atoms with E-state index in [0.29, 0.717) is 0 Å². The van der Waals surface area contributed by atoms with E-state index in [1.165, 1.54) is 0 Å². The van der Waals surface area contributed by atoms with E-state index in [1.807, 2.05) is 84.9 Å². The number of anilines is 2. The van der Waals surface area contributed by atoms with Gasteiger partial charge in [0.25, 0.3) is 0 Å². The van der Waals surface area contributed by atoms with Crippen molar-refractivity contribution in [3.63, 3.8) is 0 Å². The molecule has 51 heteroatoms. The SMILES string of the molecule is Nc1ccncc1.Nc1ccncc1.[Cu+2].[Cu+2].[Cu+2].[O-][Cl+3]([O-])([O-])[O-].[O-][Cl+3]([O-])([O-])[O-].[O-][Cl+3]([O-])([O-])[O-].[O-][Cl+3]([O-])([O-])[O-].[O-][Cl+3]([O-])([O-])[O-].[O-][Cl+3]([O-])([O-])[O-].c1cnc2c(c1)ccc1cccnc12.c1cnc2c(c1)ccc1cccnc12.c1cnc2c(c1)ccc1cccnc12.c1cnc2c(c1)ccc1cccnc12.c1cnc2c(c1)ccc1cccnc12.c1cnc2c(c1)ccc1cccnc12.c1cnc2c(c1)ccc1cccnc12. The molecule has 0 saturated carbocycles. The van der Waals surface area contributed by atoms with Crippen molar-refractivity contribution < 1.29 is 224 Å². The van der Waals surface area contributed by atoms with Gasteiger partial charge in [-0.05, 0) is 109 Å². The van der Waals surface area contributed by atoms with Crippen LogP contribution in [0, 0.1) is 61.5 Å². The average molecular weight is 2240 g/mol. The van der Waals surface area contributed by atoms with Crippen LogP contribution in [0.2, 0.25) is 0 Å². The largest absolute Gasteiger partial charge is 2.00 e. The van der Waals surface area contributed by atoms with E-state index in [-0.39, 0.29) is 51.2 Å². The third kappa shape index (κ3) is 44.7. The number of hydrogen-bond acceptors (Lipinski definition) is 42. The fourth-order valence-electron chi connectivity index (χ4n) is 12.5. The molecule has 0 bridgehead atoms. The minimum absolute atomic E-state index is 0. The second-order valence-electron chi connectivity index (χ2n) is 27.3. The van der Waals surface area contributed by atoms with Crippen molar-refractivity contribution in [2.75, 3.05) is 11.5 Å². The number of hydrogen-bond donors (Lipinski definition) is 2. The number of pyridine rings is 16. The molecule has 145 heavy (non-hydrogen) atoms. The quantitative estimate of drug-likeness (QED) is 0.105. The van der Waals surface area contributed by atoms with Crippen LogP contribution in [0.5, 0.6) is 0 Å². The predicted molar refractivity (Wildman–Crippen MR) is 457 cm³/mol. The molecule has 0 amide bonds. The zero-order chi connectivity index (χ0) is 103. The molecule has 0 aliphatic rings. The molecule has 42 nitrogen and oxygen atoms in total. The molecule has 0 saturated heterocycles. The van der Waals surface area contributed by atoms with Gasteiger partial charge in [-0.2, -0.15) is 0 Å². The van der Waals surface area contributed by atoms with Gasteiger partial charge in [-0.25, -0.2) is 112 Å². The first-order chi connectivity index (χ1) is 67.4. The molecular weight excluding hydrogens is 2170 g/mol. The van der Waals surface area contributed by atoms with E-state index in [1.54, 1.807) is 136 Å². The maximum absolute atomic E-state index is 8.49. The molecule has 23 aromatic rings. The minimum Gasteiger partial charge on any atom is -0.399 e. The maximum atomic E-state index is 8.49. The van der Waals surface area contributed by atoms with Crippen molar-refractivity contribution in [3.8, 4) is 0 Å². The van der Waals surface area contributed by atoms with Gasteiger partial charge >= 0.3 is 51.2 Å². The third-order valence-corrected chi connectivity index (χ3v) is 17.8. The number of nitrogen functional groups attached to an aromatic ring is 2. The first kappa shape index (κ1) is 120. The van der Waals surface area contributed by atoms with Gasteiger partial charge in [0.2, 0.25) is 0 Å². The van der Waals surface area contributed by atoms with Crippen LogP contribution in [0.1, 0.15) is 0 Å².